The molecule has 0 unspecified atom stereocenters. The van der Waals surface area contributed by atoms with Crippen molar-refractivity contribution in [3.8, 4) is 23.0 Å². The van der Waals surface area contributed by atoms with Crippen LogP contribution in [0.25, 0.3) is 0 Å². The summed E-state index contributed by atoms with van der Waals surface area (Å²) in [4.78, 5) is 22.6. The van der Waals surface area contributed by atoms with Gasteiger partial charge in [-0.05, 0) is 30.3 Å². The molecule has 0 N–H and O–H groups in total. The van der Waals surface area contributed by atoms with Gasteiger partial charge >= 0.3 is 5.97 Å². The lowest BCUT2D eigenvalue weighted by atomic mass is 10.2. The quantitative estimate of drug-likeness (QED) is 0.444. The second-order valence-electron chi connectivity index (χ2n) is 4.44. The number of hydrogen-bond donors (Lipinski definition) is 0. The van der Waals surface area contributed by atoms with Gasteiger partial charge < -0.3 is 18.9 Å². The Labute approximate surface area is 133 Å². The minimum atomic E-state index is -0.604. The molecule has 0 radical (unpaired) electrons. The van der Waals surface area contributed by atoms with E-state index in [2.05, 4.69) is 0 Å². The number of aldehydes is 1. The average molecular weight is 316 g/mol. The Morgan fingerprint density at radius 2 is 1.65 bits per heavy atom. The van der Waals surface area contributed by atoms with Gasteiger partial charge in [-0.1, -0.05) is 12.1 Å². The summed E-state index contributed by atoms with van der Waals surface area (Å²) < 4.78 is 20.8. The van der Waals surface area contributed by atoms with Crippen LogP contribution in [0.3, 0.4) is 0 Å². The van der Waals surface area contributed by atoms with E-state index < -0.39 is 5.97 Å². The molecular weight excluding hydrogens is 300 g/mol. The lowest BCUT2D eigenvalue weighted by Gasteiger charge is -2.11. The van der Waals surface area contributed by atoms with Crippen molar-refractivity contribution < 1.29 is 28.5 Å². The van der Waals surface area contributed by atoms with Gasteiger partial charge in [0.15, 0.2) is 29.6 Å². The van der Waals surface area contributed by atoms with Crippen molar-refractivity contribution in [3.05, 3.63) is 48.0 Å². The Morgan fingerprint density at radius 1 is 0.957 bits per heavy atom. The van der Waals surface area contributed by atoms with Gasteiger partial charge in [-0.25, -0.2) is 4.79 Å². The van der Waals surface area contributed by atoms with Crippen LogP contribution in [0.5, 0.6) is 23.0 Å². The lowest BCUT2D eigenvalue weighted by molar-refractivity contribution is -0.136. The molecule has 0 fully saturated rings. The predicted molar refractivity (Wildman–Crippen MR) is 82.5 cm³/mol. The van der Waals surface area contributed by atoms with Crippen LogP contribution in [-0.2, 0) is 4.79 Å². The van der Waals surface area contributed by atoms with E-state index in [4.69, 9.17) is 18.9 Å². The van der Waals surface area contributed by atoms with Crippen molar-refractivity contribution in [3.63, 3.8) is 0 Å². The highest BCUT2D eigenvalue weighted by atomic mass is 16.6. The first-order valence-electron chi connectivity index (χ1n) is 6.77. The Balaban J connectivity index is 2.01. The number of ether oxygens (including phenoxy) is 4. The third-order valence-electron chi connectivity index (χ3n) is 2.96. The van der Waals surface area contributed by atoms with E-state index in [0.717, 1.165) is 0 Å². The standard InChI is InChI=1S/C17H16O6/c1-20-13-5-3-4-6-14(13)22-11-17(19)23-15-8-7-12(10-18)9-16(15)21-2/h3-10H,11H2,1-2H3. The van der Waals surface area contributed by atoms with E-state index in [-0.39, 0.29) is 12.4 Å². The van der Waals surface area contributed by atoms with E-state index in [0.29, 0.717) is 29.1 Å². The molecule has 0 aromatic heterocycles. The zero-order valence-corrected chi connectivity index (χ0v) is 12.8. The molecule has 0 atom stereocenters. The van der Waals surface area contributed by atoms with Gasteiger partial charge in [-0.2, -0.15) is 0 Å². The SMILES string of the molecule is COc1ccccc1OCC(=O)Oc1ccc(C=O)cc1OC. The van der Waals surface area contributed by atoms with Crippen LogP contribution in [0, 0.1) is 0 Å². The maximum Gasteiger partial charge on any atom is 0.349 e. The zero-order chi connectivity index (χ0) is 16.7. The summed E-state index contributed by atoms with van der Waals surface area (Å²) in [6.45, 7) is -0.293. The lowest BCUT2D eigenvalue weighted by Crippen LogP contribution is -2.18. The van der Waals surface area contributed by atoms with Crippen LogP contribution < -0.4 is 18.9 Å². The number of methoxy groups -OCH3 is 2. The van der Waals surface area contributed by atoms with E-state index in [1.807, 2.05) is 0 Å². The molecule has 0 saturated heterocycles. The molecule has 2 rings (SSSR count). The Kier molecular flexibility index (Phi) is 5.57. The van der Waals surface area contributed by atoms with Crippen molar-refractivity contribution in [2.45, 2.75) is 0 Å². The Hall–Kier alpha value is -3.02. The summed E-state index contributed by atoms with van der Waals surface area (Å²) in [5, 5.41) is 0. The van der Waals surface area contributed by atoms with Gasteiger partial charge in [0, 0.05) is 5.56 Å². The van der Waals surface area contributed by atoms with Crippen molar-refractivity contribution in [2.24, 2.45) is 0 Å². The fourth-order valence-corrected chi connectivity index (χ4v) is 1.87. The minimum absolute atomic E-state index is 0.215. The van der Waals surface area contributed by atoms with Gasteiger partial charge in [0.05, 0.1) is 14.2 Å². The van der Waals surface area contributed by atoms with Crippen LogP contribution in [0.4, 0.5) is 0 Å². The molecule has 0 aliphatic carbocycles. The molecule has 0 amide bonds. The molecule has 2 aromatic carbocycles. The summed E-state index contributed by atoms with van der Waals surface area (Å²) in [7, 11) is 2.94. The van der Waals surface area contributed by atoms with Crippen molar-refractivity contribution in [2.75, 3.05) is 20.8 Å². The highest BCUT2D eigenvalue weighted by Gasteiger charge is 2.12. The first-order chi connectivity index (χ1) is 11.2. The molecule has 0 spiro atoms. The van der Waals surface area contributed by atoms with Gasteiger partial charge in [-0.15, -0.1) is 0 Å². The number of benzene rings is 2. The number of carbonyl (C=O) groups excluding carboxylic acids is 2. The highest BCUT2D eigenvalue weighted by molar-refractivity contribution is 5.78. The molecule has 2 aromatic rings. The van der Waals surface area contributed by atoms with Gasteiger partial charge in [0.25, 0.3) is 0 Å². The van der Waals surface area contributed by atoms with Gasteiger partial charge in [0.2, 0.25) is 0 Å². The van der Waals surface area contributed by atoms with E-state index in [1.165, 1.54) is 32.4 Å². The fraction of sp³-hybridized carbons (Fsp3) is 0.176. The third kappa shape index (κ3) is 4.23. The second kappa shape index (κ2) is 7.84. The molecule has 0 saturated carbocycles. The number of para-hydroxylation sites is 2. The highest BCUT2D eigenvalue weighted by Crippen LogP contribution is 2.28. The third-order valence-corrected chi connectivity index (χ3v) is 2.96. The minimum Gasteiger partial charge on any atom is -0.493 e. The van der Waals surface area contributed by atoms with Crippen LogP contribution >= 0.6 is 0 Å². The van der Waals surface area contributed by atoms with Gasteiger partial charge in [0.1, 0.15) is 6.29 Å². The fourth-order valence-electron chi connectivity index (χ4n) is 1.87. The molecular formula is C17H16O6. The van der Waals surface area contributed by atoms with Crippen molar-refractivity contribution in [1.29, 1.82) is 0 Å². The molecule has 0 bridgehead atoms. The Bertz CT molecular complexity index is 695. The van der Waals surface area contributed by atoms with Crippen molar-refractivity contribution >= 4 is 12.3 Å². The molecule has 0 aliphatic rings. The average Bonchev–Trinajstić information content (AvgIpc) is 2.60. The van der Waals surface area contributed by atoms with Gasteiger partial charge in [-0.3, -0.25) is 4.79 Å². The normalized spacial score (nSPS) is 9.83. The first-order valence-corrected chi connectivity index (χ1v) is 6.77. The summed E-state index contributed by atoms with van der Waals surface area (Å²) in [6, 6.07) is 11.5. The number of hydrogen-bond acceptors (Lipinski definition) is 6. The molecule has 120 valence electrons. The van der Waals surface area contributed by atoms with Crippen molar-refractivity contribution in [1.82, 2.24) is 0 Å². The predicted octanol–water partition coefficient (Wildman–Crippen LogP) is 2.50. The summed E-state index contributed by atoms with van der Waals surface area (Å²) in [5.41, 5.74) is 0.423. The summed E-state index contributed by atoms with van der Waals surface area (Å²) in [6.07, 6.45) is 0.679. The summed E-state index contributed by atoms with van der Waals surface area (Å²) >= 11 is 0. The monoisotopic (exact) mass is 316 g/mol. The first kappa shape index (κ1) is 16.4. The van der Waals surface area contributed by atoms with Crippen LogP contribution in [0.1, 0.15) is 10.4 Å². The van der Waals surface area contributed by atoms with Crippen LogP contribution in [-0.4, -0.2) is 33.1 Å². The van der Waals surface area contributed by atoms with Crippen LogP contribution in [0.15, 0.2) is 42.5 Å². The molecule has 6 nitrogen and oxygen atoms in total. The smallest absolute Gasteiger partial charge is 0.349 e. The number of esters is 1. The number of rotatable bonds is 7. The molecule has 0 heterocycles. The zero-order valence-electron chi connectivity index (χ0n) is 12.8. The van der Waals surface area contributed by atoms with E-state index in [1.54, 1.807) is 24.3 Å². The molecule has 0 aliphatic heterocycles. The van der Waals surface area contributed by atoms with Crippen LogP contribution in [0.2, 0.25) is 0 Å². The maximum atomic E-state index is 11.9. The maximum absolute atomic E-state index is 11.9. The van der Waals surface area contributed by atoms with E-state index >= 15 is 0 Å². The summed E-state index contributed by atoms with van der Waals surface area (Å²) in [5.74, 6) is 0.864. The molecule has 23 heavy (non-hydrogen) atoms. The number of carbonyl (C=O) groups is 2. The topological polar surface area (TPSA) is 71.1 Å². The van der Waals surface area contributed by atoms with E-state index in [9.17, 15) is 9.59 Å². The Morgan fingerprint density at radius 3 is 2.30 bits per heavy atom. The second-order valence-corrected chi connectivity index (χ2v) is 4.44. The molecule has 6 heteroatoms. The largest absolute Gasteiger partial charge is 0.493 e.